The molecule has 0 aliphatic rings. The first-order valence-corrected chi connectivity index (χ1v) is 7.89. The molecule has 2 rings (SSSR count). The highest BCUT2D eigenvalue weighted by Crippen LogP contribution is 2.32. The summed E-state index contributed by atoms with van der Waals surface area (Å²) in [5.74, 6) is 0. The molecule has 0 radical (unpaired) electrons. The van der Waals surface area contributed by atoms with Crippen LogP contribution in [0.4, 0.5) is 13.2 Å². The summed E-state index contributed by atoms with van der Waals surface area (Å²) in [4.78, 5) is 0. The number of hydrogen-bond acceptors (Lipinski definition) is 1. The molecule has 0 aliphatic carbocycles. The summed E-state index contributed by atoms with van der Waals surface area (Å²) in [6.07, 6.45) is 3.41. The van der Waals surface area contributed by atoms with E-state index in [-0.39, 0.29) is 24.0 Å². The van der Waals surface area contributed by atoms with E-state index in [0.717, 1.165) is 30.0 Å². The molecule has 6 heteroatoms. The maximum absolute atomic E-state index is 12.8. The maximum Gasteiger partial charge on any atom is 0.416 e. The van der Waals surface area contributed by atoms with E-state index in [1.54, 1.807) is 6.07 Å². The van der Waals surface area contributed by atoms with Crippen LogP contribution in [0.2, 0.25) is 0 Å². The Morgan fingerprint density at radius 1 is 1.09 bits per heavy atom. The second kappa shape index (κ2) is 8.19. The molecule has 0 amide bonds. The van der Waals surface area contributed by atoms with Gasteiger partial charge in [-0.3, -0.25) is 0 Å². The number of alkyl halides is 3. The largest absolute Gasteiger partial charge is 1.00 e. The van der Waals surface area contributed by atoms with Crippen molar-refractivity contribution in [2.45, 2.75) is 25.9 Å². The van der Waals surface area contributed by atoms with Gasteiger partial charge in [0, 0.05) is 17.4 Å². The van der Waals surface area contributed by atoms with Gasteiger partial charge in [-0.1, -0.05) is 25.5 Å². The van der Waals surface area contributed by atoms with Crippen LogP contribution in [0.15, 0.2) is 42.7 Å². The van der Waals surface area contributed by atoms with Crippen LogP contribution >= 0.6 is 11.9 Å². The Kier molecular flexibility index (Phi) is 7.18. The van der Waals surface area contributed by atoms with Gasteiger partial charge < -0.3 is 24.0 Å². The van der Waals surface area contributed by atoms with Gasteiger partial charge in [0.1, 0.15) is 0 Å². The molecule has 22 heavy (non-hydrogen) atoms. The minimum atomic E-state index is -4.31. The Morgan fingerprint density at radius 3 is 2.41 bits per heavy atom. The number of halogens is 4. The molecular formula is C16H17F3INS. The predicted octanol–water partition coefficient (Wildman–Crippen LogP) is 1.74. The summed E-state index contributed by atoms with van der Waals surface area (Å²) < 4.78 is 40.4. The van der Waals surface area contributed by atoms with Gasteiger partial charge in [-0.05, 0) is 30.2 Å². The molecule has 0 aliphatic heterocycles. The minimum Gasteiger partial charge on any atom is -1.00 e. The number of pyridine rings is 1. The zero-order chi connectivity index (χ0) is 15.5. The summed E-state index contributed by atoms with van der Waals surface area (Å²) >= 11 is 1.52. The first kappa shape index (κ1) is 19.3. The lowest BCUT2D eigenvalue weighted by atomic mass is 10.0. The van der Waals surface area contributed by atoms with Crippen molar-refractivity contribution < 1.29 is 41.1 Å². The van der Waals surface area contributed by atoms with Gasteiger partial charge in [-0.2, -0.15) is 13.2 Å². The Hall–Kier alpha value is -0.760. The SMILES string of the molecule is CCCc1cc(-c2cccc(C(F)(F)F)c2)c[n+](SC)c1.[I-]. The van der Waals surface area contributed by atoms with E-state index in [9.17, 15) is 13.2 Å². The molecule has 0 saturated carbocycles. The van der Waals surface area contributed by atoms with Crippen molar-refractivity contribution in [3.63, 3.8) is 0 Å². The van der Waals surface area contributed by atoms with E-state index >= 15 is 0 Å². The standard InChI is InChI=1S/C16H17F3NS.HI/c1-3-5-12-8-14(11-20(10-12)21-2)13-6-4-7-15(9-13)16(17,18)19;/h4,6-11H,3,5H2,1-2H3;1H/q+1;/p-1. The number of rotatable bonds is 4. The number of nitrogens with zero attached hydrogens (tertiary/aromatic N) is 1. The van der Waals surface area contributed by atoms with Crippen LogP contribution in [0.1, 0.15) is 24.5 Å². The van der Waals surface area contributed by atoms with Crippen molar-refractivity contribution in [2.75, 3.05) is 6.26 Å². The van der Waals surface area contributed by atoms with Crippen molar-refractivity contribution in [3.8, 4) is 11.1 Å². The van der Waals surface area contributed by atoms with E-state index in [4.69, 9.17) is 0 Å². The van der Waals surface area contributed by atoms with E-state index in [0.29, 0.717) is 5.56 Å². The third kappa shape index (κ3) is 4.87. The summed E-state index contributed by atoms with van der Waals surface area (Å²) in [5, 5.41) is 0. The lowest BCUT2D eigenvalue weighted by Gasteiger charge is -2.09. The van der Waals surface area contributed by atoms with Gasteiger partial charge >= 0.3 is 6.18 Å². The predicted molar refractivity (Wildman–Crippen MR) is 80.0 cm³/mol. The average Bonchev–Trinajstić information content (AvgIpc) is 2.46. The van der Waals surface area contributed by atoms with Crippen LogP contribution in [-0.4, -0.2) is 6.26 Å². The summed E-state index contributed by atoms with van der Waals surface area (Å²) in [7, 11) is 0. The molecule has 1 heterocycles. The Morgan fingerprint density at radius 2 is 1.82 bits per heavy atom. The summed E-state index contributed by atoms with van der Waals surface area (Å²) in [5.41, 5.74) is 1.91. The lowest BCUT2D eigenvalue weighted by Crippen LogP contribution is -3.00. The van der Waals surface area contributed by atoms with Crippen molar-refractivity contribution in [3.05, 3.63) is 53.9 Å². The molecule has 120 valence electrons. The molecule has 0 bridgehead atoms. The van der Waals surface area contributed by atoms with Gasteiger partial charge in [0.15, 0.2) is 24.3 Å². The number of aromatic nitrogens is 1. The molecule has 1 aromatic heterocycles. The molecule has 0 unspecified atom stereocenters. The van der Waals surface area contributed by atoms with Gasteiger partial charge in [-0.25, -0.2) is 0 Å². The number of hydrogen-bond donors (Lipinski definition) is 0. The van der Waals surface area contributed by atoms with Crippen LogP contribution in [0.25, 0.3) is 11.1 Å². The zero-order valence-electron chi connectivity index (χ0n) is 12.3. The third-order valence-electron chi connectivity index (χ3n) is 3.17. The van der Waals surface area contributed by atoms with Crippen molar-refractivity contribution >= 4 is 11.9 Å². The smallest absolute Gasteiger partial charge is 0.416 e. The van der Waals surface area contributed by atoms with Crippen LogP contribution < -0.4 is 27.9 Å². The monoisotopic (exact) mass is 439 g/mol. The van der Waals surface area contributed by atoms with Crippen molar-refractivity contribution in [1.82, 2.24) is 0 Å². The molecule has 2 aromatic rings. The molecule has 1 nitrogen and oxygen atoms in total. The first-order chi connectivity index (χ1) is 9.94. The minimum absolute atomic E-state index is 0. The second-order valence-corrected chi connectivity index (χ2v) is 5.59. The van der Waals surface area contributed by atoms with Gasteiger partial charge in [-0.15, -0.1) is 3.97 Å². The maximum atomic E-state index is 12.8. The van der Waals surface area contributed by atoms with Crippen LogP contribution in [0.3, 0.4) is 0 Å². The Labute approximate surface area is 150 Å². The normalized spacial score (nSPS) is 11.1. The van der Waals surface area contributed by atoms with E-state index < -0.39 is 11.7 Å². The Bertz CT molecular complexity index is 629. The summed E-state index contributed by atoms with van der Waals surface area (Å²) in [6.45, 7) is 2.08. The first-order valence-electron chi connectivity index (χ1n) is 6.71. The highest BCUT2D eigenvalue weighted by molar-refractivity contribution is 7.92. The molecule has 0 fully saturated rings. The average molecular weight is 439 g/mol. The van der Waals surface area contributed by atoms with Gasteiger partial charge in [0.05, 0.1) is 5.56 Å². The van der Waals surface area contributed by atoms with Crippen LogP contribution in [0, 0.1) is 0 Å². The summed E-state index contributed by atoms with van der Waals surface area (Å²) in [6, 6.07) is 7.43. The molecular weight excluding hydrogens is 422 g/mol. The van der Waals surface area contributed by atoms with Crippen LogP contribution in [-0.2, 0) is 12.6 Å². The zero-order valence-corrected chi connectivity index (χ0v) is 15.3. The van der Waals surface area contributed by atoms with Crippen LogP contribution in [0.5, 0.6) is 0 Å². The van der Waals surface area contributed by atoms with Crippen molar-refractivity contribution in [1.29, 1.82) is 0 Å². The van der Waals surface area contributed by atoms with E-state index in [1.165, 1.54) is 24.1 Å². The van der Waals surface area contributed by atoms with Gasteiger partial charge in [0.25, 0.3) is 0 Å². The van der Waals surface area contributed by atoms with E-state index in [1.807, 2.05) is 28.7 Å². The van der Waals surface area contributed by atoms with E-state index in [2.05, 4.69) is 6.92 Å². The fourth-order valence-electron chi connectivity index (χ4n) is 2.18. The van der Waals surface area contributed by atoms with Crippen molar-refractivity contribution in [2.24, 2.45) is 0 Å². The quantitative estimate of drug-likeness (QED) is 0.519. The lowest BCUT2D eigenvalue weighted by molar-refractivity contribution is -0.493. The molecule has 0 spiro atoms. The molecule has 0 saturated heterocycles. The number of aryl methyl sites for hydroxylation is 1. The second-order valence-electron chi connectivity index (χ2n) is 4.80. The van der Waals surface area contributed by atoms with Gasteiger partial charge in [0.2, 0.25) is 0 Å². The topological polar surface area (TPSA) is 3.88 Å². The molecule has 1 aromatic carbocycles. The fraction of sp³-hybridized carbons (Fsp3) is 0.312. The highest BCUT2D eigenvalue weighted by atomic mass is 127. The Balaban J connectivity index is 0.00000242. The molecule has 0 N–H and O–H groups in total. The highest BCUT2D eigenvalue weighted by Gasteiger charge is 2.30. The fourth-order valence-corrected chi connectivity index (χ4v) is 2.64. The number of benzene rings is 1. The molecule has 0 atom stereocenters. The third-order valence-corrected chi connectivity index (χ3v) is 3.81.